The van der Waals surface area contributed by atoms with Crippen molar-refractivity contribution in [3.8, 4) is 0 Å². The van der Waals surface area contributed by atoms with Gasteiger partial charge >= 0.3 is 12.1 Å². The van der Waals surface area contributed by atoms with Gasteiger partial charge in [-0.1, -0.05) is 24.3 Å². The topological polar surface area (TPSA) is 0 Å². The summed E-state index contributed by atoms with van der Waals surface area (Å²) in [5, 5.41) is 0. The average Bonchev–Trinajstić information content (AvgIpc) is 2.16. The Morgan fingerprint density at radius 3 is 2.00 bits per heavy atom. The van der Waals surface area contributed by atoms with Crippen molar-refractivity contribution in [3.63, 3.8) is 0 Å². The quantitative estimate of drug-likeness (QED) is 0.670. The maximum atomic E-state index is 13.0. The molecule has 0 heterocycles. The van der Waals surface area contributed by atoms with Gasteiger partial charge in [0.25, 0.3) is 0 Å². The van der Waals surface area contributed by atoms with Crippen LogP contribution in [0.5, 0.6) is 0 Å². The molecule has 0 aliphatic heterocycles. The van der Waals surface area contributed by atoms with E-state index in [-0.39, 0.29) is 12.0 Å². The molecule has 0 saturated carbocycles. The van der Waals surface area contributed by atoms with E-state index in [4.69, 9.17) is 0 Å². The Morgan fingerprint density at radius 2 is 1.53 bits per heavy atom. The number of halogens is 5. The van der Waals surface area contributed by atoms with Crippen molar-refractivity contribution in [2.75, 3.05) is 0 Å². The van der Waals surface area contributed by atoms with Crippen molar-refractivity contribution in [2.45, 2.75) is 18.5 Å². The molecule has 0 unspecified atom stereocenters. The van der Waals surface area contributed by atoms with E-state index in [1.165, 1.54) is 12.1 Å². The van der Waals surface area contributed by atoms with Crippen LogP contribution in [-0.2, 0) is 12.3 Å². The van der Waals surface area contributed by atoms with E-state index in [0.29, 0.717) is 0 Å². The molecule has 15 heavy (non-hydrogen) atoms. The first kappa shape index (κ1) is 11.9. The number of hydrogen-bond donors (Lipinski definition) is 0. The molecular formula is C10H8F5. The van der Waals surface area contributed by atoms with Gasteiger partial charge in [-0.2, -0.15) is 22.0 Å². The highest BCUT2D eigenvalue weighted by Crippen LogP contribution is 2.44. The van der Waals surface area contributed by atoms with Gasteiger partial charge in [0.2, 0.25) is 0 Å². The molecule has 0 N–H and O–H groups in total. The van der Waals surface area contributed by atoms with Gasteiger partial charge in [0.15, 0.2) is 0 Å². The highest BCUT2D eigenvalue weighted by Gasteiger charge is 2.59. The largest absolute Gasteiger partial charge is 0.458 e. The molecule has 5 heteroatoms. The lowest BCUT2D eigenvalue weighted by molar-refractivity contribution is -0.289. The molecule has 0 fully saturated rings. The zero-order chi connectivity index (χ0) is 11.7. The van der Waals surface area contributed by atoms with E-state index >= 15 is 0 Å². The molecule has 0 aliphatic carbocycles. The molecule has 0 spiro atoms. The summed E-state index contributed by atoms with van der Waals surface area (Å²) in [6.07, 6.45) is -5.68. The van der Waals surface area contributed by atoms with Crippen molar-refractivity contribution in [3.05, 3.63) is 42.3 Å². The normalized spacial score (nSPS) is 12.9. The molecule has 83 valence electrons. The van der Waals surface area contributed by atoms with Crippen LogP contribution in [0.4, 0.5) is 22.0 Å². The van der Waals surface area contributed by atoms with Crippen LogP contribution in [-0.4, -0.2) is 6.18 Å². The summed E-state index contributed by atoms with van der Waals surface area (Å²) in [4.78, 5) is 0. The van der Waals surface area contributed by atoms with E-state index in [1.54, 1.807) is 0 Å². The summed E-state index contributed by atoms with van der Waals surface area (Å²) in [6.45, 7) is 3.31. The van der Waals surface area contributed by atoms with Crippen molar-refractivity contribution >= 4 is 0 Å². The first-order valence-corrected chi connectivity index (χ1v) is 4.13. The van der Waals surface area contributed by atoms with Crippen LogP contribution in [0.15, 0.2) is 24.3 Å². The van der Waals surface area contributed by atoms with Gasteiger partial charge in [-0.25, -0.2) is 0 Å². The third-order valence-corrected chi connectivity index (χ3v) is 1.98. The molecule has 1 aromatic carbocycles. The molecule has 1 rings (SSSR count). The van der Waals surface area contributed by atoms with Crippen LogP contribution in [0.2, 0.25) is 0 Å². The van der Waals surface area contributed by atoms with Crippen LogP contribution in [0.3, 0.4) is 0 Å². The lowest BCUT2D eigenvalue weighted by Crippen LogP contribution is -2.34. The Labute approximate surface area is 83.7 Å². The SMILES string of the molecule is [CH2]Cc1ccccc1C(F)(F)C(F)(F)F. The first-order chi connectivity index (χ1) is 6.80. The predicted octanol–water partition coefficient (Wildman–Crippen LogP) is 3.72. The summed E-state index contributed by atoms with van der Waals surface area (Å²) in [5.41, 5.74) is -1.12. The van der Waals surface area contributed by atoms with Gasteiger partial charge in [0.1, 0.15) is 0 Å². The van der Waals surface area contributed by atoms with Gasteiger partial charge in [0, 0.05) is 5.56 Å². The number of hydrogen-bond acceptors (Lipinski definition) is 0. The van der Waals surface area contributed by atoms with Crippen molar-refractivity contribution in [2.24, 2.45) is 0 Å². The molecule has 0 bridgehead atoms. The van der Waals surface area contributed by atoms with Gasteiger partial charge < -0.3 is 0 Å². The Balaban J connectivity index is 3.26. The molecule has 0 aliphatic rings. The average molecular weight is 223 g/mol. The molecule has 1 radical (unpaired) electrons. The molecule has 0 nitrogen and oxygen atoms in total. The monoisotopic (exact) mass is 223 g/mol. The number of benzene rings is 1. The Hall–Kier alpha value is -1.13. The molecule has 1 aromatic rings. The van der Waals surface area contributed by atoms with Gasteiger partial charge in [-0.3, -0.25) is 0 Å². The standard InChI is InChI=1S/C10H8F5/c1-2-7-5-3-4-6-8(7)9(11,12)10(13,14)15/h3-6H,1-2H2. The first-order valence-electron chi connectivity index (χ1n) is 4.13. The fourth-order valence-electron chi connectivity index (χ4n) is 1.20. The Morgan fingerprint density at radius 1 is 1.00 bits per heavy atom. The summed E-state index contributed by atoms with van der Waals surface area (Å²) < 4.78 is 62.1. The lowest BCUT2D eigenvalue weighted by atomic mass is 9.99. The van der Waals surface area contributed by atoms with Crippen LogP contribution < -0.4 is 0 Å². The fourth-order valence-corrected chi connectivity index (χ4v) is 1.20. The molecule has 0 atom stereocenters. The third kappa shape index (κ3) is 2.11. The Bertz CT molecular complexity index is 340. The summed E-state index contributed by atoms with van der Waals surface area (Å²) >= 11 is 0. The fraction of sp³-hybridized carbons (Fsp3) is 0.300. The van der Waals surface area contributed by atoms with Crippen LogP contribution in [0.25, 0.3) is 0 Å². The van der Waals surface area contributed by atoms with Crippen LogP contribution in [0.1, 0.15) is 11.1 Å². The minimum Gasteiger partial charge on any atom is -0.191 e. The minimum atomic E-state index is -5.57. The van der Waals surface area contributed by atoms with E-state index in [2.05, 4.69) is 6.92 Å². The van der Waals surface area contributed by atoms with Crippen molar-refractivity contribution < 1.29 is 22.0 Å². The highest BCUT2D eigenvalue weighted by molar-refractivity contribution is 5.32. The maximum Gasteiger partial charge on any atom is 0.458 e. The second-order valence-electron chi connectivity index (χ2n) is 2.98. The third-order valence-electron chi connectivity index (χ3n) is 1.98. The van der Waals surface area contributed by atoms with Crippen LogP contribution >= 0.6 is 0 Å². The smallest absolute Gasteiger partial charge is 0.191 e. The van der Waals surface area contributed by atoms with Gasteiger partial charge in [0.05, 0.1) is 0 Å². The predicted molar refractivity (Wildman–Crippen MR) is 45.5 cm³/mol. The van der Waals surface area contributed by atoms with Crippen molar-refractivity contribution in [1.29, 1.82) is 0 Å². The second-order valence-corrected chi connectivity index (χ2v) is 2.98. The zero-order valence-corrected chi connectivity index (χ0v) is 7.61. The van der Waals surface area contributed by atoms with E-state index in [9.17, 15) is 22.0 Å². The lowest BCUT2D eigenvalue weighted by Gasteiger charge is -2.22. The molecule has 0 amide bonds. The maximum absolute atomic E-state index is 13.0. The number of alkyl halides is 5. The zero-order valence-electron chi connectivity index (χ0n) is 7.61. The summed E-state index contributed by atoms with van der Waals surface area (Å²) in [5.74, 6) is -4.82. The number of rotatable bonds is 2. The Kier molecular flexibility index (Phi) is 3.02. The molecular weight excluding hydrogens is 215 g/mol. The van der Waals surface area contributed by atoms with Gasteiger partial charge in [-0.15, -0.1) is 0 Å². The summed E-state index contributed by atoms with van der Waals surface area (Å²) in [7, 11) is 0. The van der Waals surface area contributed by atoms with Gasteiger partial charge in [-0.05, 0) is 18.9 Å². The molecule has 0 aromatic heterocycles. The van der Waals surface area contributed by atoms with E-state index in [1.807, 2.05) is 0 Å². The summed E-state index contributed by atoms with van der Waals surface area (Å²) in [6, 6.07) is 4.53. The van der Waals surface area contributed by atoms with Crippen LogP contribution in [0, 0.1) is 6.92 Å². The van der Waals surface area contributed by atoms with E-state index < -0.39 is 17.7 Å². The highest BCUT2D eigenvalue weighted by atomic mass is 19.4. The molecule has 0 saturated heterocycles. The van der Waals surface area contributed by atoms with E-state index in [0.717, 1.165) is 12.1 Å². The minimum absolute atomic E-state index is 0.0974. The van der Waals surface area contributed by atoms with Crippen molar-refractivity contribution in [1.82, 2.24) is 0 Å². The second kappa shape index (κ2) is 3.79.